The van der Waals surface area contributed by atoms with Gasteiger partial charge in [0.1, 0.15) is 0 Å². The smallest absolute Gasteiger partial charge is 0.291 e. The summed E-state index contributed by atoms with van der Waals surface area (Å²) in [4.78, 5) is 10.9. The summed E-state index contributed by atoms with van der Waals surface area (Å²) in [5, 5.41) is 9.64. The number of anilines is 3. The van der Waals surface area contributed by atoms with Crippen molar-refractivity contribution in [2.45, 2.75) is 18.2 Å². The van der Waals surface area contributed by atoms with Crippen LogP contribution in [0.2, 0.25) is 0 Å². The largest absolute Gasteiger partial charge is 0.397 e. The Bertz CT molecular complexity index is 765. The minimum absolute atomic E-state index is 0.112. The van der Waals surface area contributed by atoms with Gasteiger partial charge in [-0.3, -0.25) is 9.52 Å². The number of aromatic nitrogens is 2. The molecule has 0 saturated carbocycles. The number of nitrogens with two attached hydrogens (primary N) is 1. The molecule has 8 nitrogen and oxygen atoms in total. The lowest BCUT2D eigenvalue weighted by Crippen LogP contribution is -2.14. The Labute approximate surface area is 125 Å². The molecule has 0 fully saturated rings. The summed E-state index contributed by atoms with van der Waals surface area (Å²) in [6.07, 6.45) is 0. The minimum atomic E-state index is -3.91. The number of sulfonamides is 1. The zero-order valence-corrected chi connectivity index (χ0v) is 12.9. The second-order valence-corrected chi connectivity index (χ2v) is 7.03. The van der Waals surface area contributed by atoms with Crippen molar-refractivity contribution < 1.29 is 13.2 Å². The number of rotatable bonds is 4. The van der Waals surface area contributed by atoms with Gasteiger partial charge in [-0.1, -0.05) is 23.5 Å². The Balaban J connectivity index is 2.30. The Morgan fingerprint density at radius 3 is 2.67 bits per heavy atom. The summed E-state index contributed by atoms with van der Waals surface area (Å²) in [6.45, 7) is 3.03. The van der Waals surface area contributed by atoms with E-state index in [1.807, 2.05) is 0 Å². The topological polar surface area (TPSA) is 127 Å². The number of nitrogens with one attached hydrogen (secondary N) is 2. The summed E-state index contributed by atoms with van der Waals surface area (Å²) in [5.74, 6) is -0.355. The second-order valence-electron chi connectivity index (χ2n) is 4.20. The van der Waals surface area contributed by atoms with E-state index in [0.29, 0.717) is 16.9 Å². The highest BCUT2D eigenvalue weighted by atomic mass is 32.2. The van der Waals surface area contributed by atoms with Crippen LogP contribution in [-0.2, 0) is 14.8 Å². The van der Waals surface area contributed by atoms with Gasteiger partial charge in [0.15, 0.2) is 0 Å². The third-order valence-corrected chi connectivity index (χ3v) is 5.02. The van der Waals surface area contributed by atoms with Crippen LogP contribution >= 0.6 is 11.3 Å². The molecular weight excluding hydrogens is 314 g/mol. The lowest BCUT2D eigenvalue weighted by atomic mass is 10.2. The fourth-order valence-electron chi connectivity index (χ4n) is 1.53. The average molecular weight is 327 g/mol. The molecule has 0 spiro atoms. The van der Waals surface area contributed by atoms with E-state index in [9.17, 15) is 13.2 Å². The van der Waals surface area contributed by atoms with Crippen LogP contribution in [0.15, 0.2) is 22.5 Å². The first-order valence-corrected chi connectivity index (χ1v) is 8.08. The van der Waals surface area contributed by atoms with Gasteiger partial charge in [-0.05, 0) is 18.6 Å². The molecule has 0 aliphatic carbocycles. The van der Waals surface area contributed by atoms with E-state index < -0.39 is 10.0 Å². The predicted molar refractivity (Wildman–Crippen MR) is 80.6 cm³/mol. The van der Waals surface area contributed by atoms with Gasteiger partial charge >= 0.3 is 0 Å². The van der Waals surface area contributed by atoms with Crippen molar-refractivity contribution in [3.8, 4) is 0 Å². The molecule has 1 aromatic carbocycles. The van der Waals surface area contributed by atoms with Crippen LogP contribution in [0.25, 0.3) is 0 Å². The number of carbonyl (C=O) groups is 1. The van der Waals surface area contributed by atoms with Crippen molar-refractivity contribution in [1.82, 2.24) is 10.2 Å². The van der Waals surface area contributed by atoms with Crippen molar-refractivity contribution in [1.29, 1.82) is 0 Å². The maximum absolute atomic E-state index is 12.2. The van der Waals surface area contributed by atoms with Gasteiger partial charge in [-0.25, -0.2) is 0 Å². The Kier molecular flexibility index (Phi) is 4.09. The minimum Gasteiger partial charge on any atom is -0.397 e. The third kappa shape index (κ3) is 3.47. The van der Waals surface area contributed by atoms with E-state index >= 15 is 0 Å². The molecule has 1 aromatic heterocycles. The molecule has 0 unspecified atom stereocenters. The van der Waals surface area contributed by atoms with Crippen LogP contribution in [-0.4, -0.2) is 24.5 Å². The summed E-state index contributed by atoms with van der Waals surface area (Å²) in [7, 11) is -3.91. The van der Waals surface area contributed by atoms with Crippen LogP contribution < -0.4 is 15.8 Å². The van der Waals surface area contributed by atoms with E-state index in [1.165, 1.54) is 6.92 Å². The highest BCUT2D eigenvalue weighted by Gasteiger charge is 2.22. The summed E-state index contributed by atoms with van der Waals surface area (Å²) in [5.41, 5.74) is 7.06. The first-order chi connectivity index (χ1) is 9.79. The van der Waals surface area contributed by atoms with E-state index in [2.05, 4.69) is 20.2 Å². The van der Waals surface area contributed by atoms with Crippen LogP contribution in [0.1, 0.15) is 12.5 Å². The van der Waals surface area contributed by atoms with Crippen molar-refractivity contribution in [3.63, 3.8) is 0 Å². The molecule has 0 aliphatic heterocycles. The van der Waals surface area contributed by atoms with E-state index in [1.54, 1.807) is 25.1 Å². The molecule has 112 valence electrons. The summed E-state index contributed by atoms with van der Waals surface area (Å²) < 4.78 is 26.6. The number of nitrogens with zero attached hydrogens (tertiary/aromatic N) is 2. The molecule has 0 saturated heterocycles. The van der Waals surface area contributed by atoms with Crippen LogP contribution in [0.5, 0.6) is 0 Å². The van der Waals surface area contributed by atoms with Crippen molar-refractivity contribution in [2.75, 3.05) is 15.8 Å². The molecule has 1 amide bonds. The number of carbonyl (C=O) groups excluding carboxylic acids is 1. The number of para-hydroxylation sites is 1. The van der Waals surface area contributed by atoms with Gasteiger partial charge in [0.2, 0.25) is 11.0 Å². The Morgan fingerprint density at radius 1 is 1.33 bits per heavy atom. The van der Waals surface area contributed by atoms with Crippen LogP contribution in [0.4, 0.5) is 16.5 Å². The fourth-order valence-corrected chi connectivity index (χ4v) is 3.63. The molecule has 2 rings (SSSR count). The number of nitrogen functional groups attached to an aromatic ring is 1. The highest BCUT2D eigenvalue weighted by Crippen LogP contribution is 2.27. The van der Waals surface area contributed by atoms with Crippen molar-refractivity contribution in [2.24, 2.45) is 0 Å². The first kappa shape index (κ1) is 15.2. The van der Waals surface area contributed by atoms with Crippen LogP contribution in [0.3, 0.4) is 0 Å². The number of hydrogen-bond acceptors (Lipinski definition) is 7. The average Bonchev–Trinajstić information content (AvgIpc) is 2.82. The van der Waals surface area contributed by atoms with E-state index in [4.69, 9.17) is 5.73 Å². The SMILES string of the molecule is CC(=O)Nc1nnc(S(=O)(=O)Nc2c(C)cccc2N)s1. The van der Waals surface area contributed by atoms with Gasteiger partial charge in [-0.2, -0.15) is 8.42 Å². The zero-order chi connectivity index (χ0) is 15.6. The molecule has 0 bridgehead atoms. The van der Waals surface area contributed by atoms with Crippen molar-refractivity contribution >= 4 is 43.8 Å². The number of amides is 1. The molecular formula is C11H13N5O3S2. The molecule has 0 atom stereocenters. The lowest BCUT2D eigenvalue weighted by molar-refractivity contribution is -0.114. The standard InChI is InChI=1S/C11H13N5O3S2/c1-6-4-3-5-8(12)9(6)16-21(18,19)11-15-14-10(20-11)13-7(2)17/h3-5,16H,12H2,1-2H3,(H,13,14,17). The summed E-state index contributed by atoms with van der Waals surface area (Å²) in [6, 6.07) is 5.05. The van der Waals surface area contributed by atoms with Gasteiger partial charge in [0.25, 0.3) is 14.4 Å². The number of hydrogen-bond donors (Lipinski definition) is 3. The first-order valence-electron chi connectivity index (χ1n) is 5.78. The van der Waals surface area contributed by atoms with E-state index in [-0.39, 0.29) is 15.4 Å². The quantitative estimate of drug-likeness (QED) is 0.572. The number of benzene rings is 1. The molecule has 2 aromatic rings. The molecule has 10 heteroatoms. The predicted octanol–water partition coefficient (Wildman–Crippen LogP) is 1.19. The van der Waals surface area contributed by atoms with Gasteiger partial charge in [-0.15, -0.1) is 10.2 Å². The monoisotopic (exact) mass is 327 g/mol. The molecule has 4 N–H and O–H groups in total. The third-order valence-electron chi connectivity index (χ3n) is 2.46. The maximum atomic E-state index is 12.2. The zero-order valence-electron chi connectivity index (χ0n) is 11.2. The highest BCUT2D eigenvalue weighted by molar-refractivity contribution is 7.94. The molecule has 1 heterocycles. The molecule has 0 aliphatic rings. The molecule has 21 heavy (non-hydrogen) atoms. The van der Waals surface area contributed by atoms with Crippen molar-refractivity contribution in [3.05, 3.63) is 23.8 Å². The van der Waals surface area contributed by atoms with E-state index in [0.717, 1.165) is 11.3 Å². The Morgan fingerprint density at radius 2 is 2.05 bits per heavy atom. The van der Waals surface area contributed by atoms with Gasteiger partial charge in [0.05, 0.1) is 11.4 Å². The molecule has 0 radical (unpaired) electrons. The Hall–Kier alpha value is -2.20. The van der Waals surface area contributed by atoms with Gasteiger partial charge in [0, 0.05) is 6.92 Å². The van der Waals surface area contributed by atoms with Crippen LogP contribution in [0, 0.1) is 6.92 Å². The lowest BCUT2D eigenvalue weighted by Gasteiger charge is -2.10. The second kappa shape index (κ2) is 5.66. The fraction of sp³-hybridized carbons (Fsp3) is 0.182. The normalized spacial score (nSPS) is 11.1. The van der Waals surface area contributed by atoms with Gasteiger partial charge < -0.3 is 11.1 Å². The summed E-state index contributed by atoms with van der Waals surface area (Å²) >= 11 is 0.754. The maximum Gasteiger partial charge on any atom is 0.291 e. The number of aryl methyl sites for hydroxylation is 1.